The van der Waals surface area contributed by atoms with E-state index in [1.54, 1.807) is 25.1 Å². The molecule has 2 aromatic rings. The zero-order valence-corrected chi connectivity index (χ0v) is 11.3. The summed E-state index contributed by atoms with van der Waals surface area (Å²) >= 11 is 5.80. The van der Waals surface area contributed by atoms with E-state index in [2.05, 4.69) is 10.3 Å². The van der Waals surface area contributed by atoms with Crippen molar-refractivity contribution in [1.82, 2.24) is 4.98 Å². The van der Waals surface area contributed by atoms with Crippen LogP contribution >= 0.6 is 11.6 Å². The smallest absolute Gasteiger partial charge is 0.336 e. The topological polar surface area (TPSA) is 79.3 Å². The van der Waals surface area contributed by atoms with Gasteiger partial charge in [0.1, 0.15) is 5.15 Å². The molecule has 1 aromatic carbocycles. The minimum absolute atomic E-state index is 0.0522. The highest BCUT2D eigenvalue weighted by atomic mass is 35.5. The number of rotatable bonds is 3. The number of benzene rings is 1. The van der Waals surface area contributed by atoms with Crippen LogP contribution in [-0.4, -0.2) is 22.0 Å². The number of anilines is 1. The van der Waals surface area contributed by atoms with Gasteiger partial charge in [0.15, 0.2) is 0 Å². The lowest BCUT2D eigenvalue weighted by Crippen LogP contribution is -2.16. The maximum absolute atomic E-state index is 12.1. The number of nitrogens with zero attached hydrogens (tertiary/aromatic N) is 1. The number of carbonyl (C=O) groups excluding carboxylic acids is 1. The number of nitrogens with one attached hydrogen (secondary N) is 1. The standard InChI is InChI=1S/C14H11ClN2O3/c1-8-6-9(7-16-12(8)15)17-13(18)10-4-2-3-5-11(10)14(19)20/h2-7H,1H3,(H,17,18)(H,19,20). The molecule has 0 aliphatic heterocycles. The van der Waals surface area contributed by atoms with Crippen LogP contribution in [0.5, 0.6) is 0 Å². The molecule has 20 heavy (non-hydrogen) atoms. The predicted molar refractivity (Wildman–Crippen MR) is 75.3 cm³/mol. The molecule has 0 unspecified atom stereocenters. The Balaban J connectivity index is 2.28. The van der Waals surface area contributed by atoms with E-state index >= 15 is 0 Å². The van der Waals surface area contributed by atoms with Gasteiger partial charge in [-0.05, 0) is 30.7 Å². The highest BCUT2D eigenvalue weighted by Crippen LogP contribution is 2.17. The maximum Gasteiger partial charge on any atom is 0.336 e. The number of hydrogen-bond acceptors (Lipinski definition) is 3. The summed E-state index contributed by atoms with van der Waals surface area (Å²) in [6, 6.07) is 7.66. The van der Waals surface area contributed by atoms with Crippen molar-refractivity contribution in [1.29, 1.82) is 0 Å². The zero-order chi connectivity index (χ0) is 14.7. The van der Waals surface area contributed by atoms with Crippen molar-refractivity contribution in [2.75, 3.05) is 5.32 Å². The normalized spacial score (nSPS) is 10.1. The Hall–Kier alpha value is -2.40. The molecule has 1 amide bonds. The molecule has 0 saturated carbocycles. The Morgan fingerprint density at radius 3 is 2.50 bits per heavy atom. The first kappa shape index (κ1) is 14.0. The quantitative estimate of drug-likeness (QED) is 0.852. The summed E-state index contributed by atoms with van der Waals surface area (Å²) in [6.45, 7) is 1.76. The number of carboxylic acids is 1. The fourth-order valence-corrected chi connectivity index (χ4v) is 1.80. The van der Waals surface area contributed by atoms with Crippen molar-refractivity contribution in [3.05, 3.63) is 58.4 Å². The number of amides is 1. The van der Waals surface area contributed by atoms with Crippen molar-refractivity contribution in [2.45, 2.75) is 6.92 Å². The second-order valence-electron chi connectivity index (χ2n) is 4.14. The number of aromatic carboxylic acids is 1. The van der Waals surface area contributed by atoms with Gasteiger partial charge in [-0.2, -0.15) is 0 Å². The van der Waals surface area contributed by atoms with Crippen LogP contribution in [0.3, 0.4) is 0 Å². The maximum atomic E-state index is 12.1. The molecule has 0 spiro atoms. The van der Waals surface area contributed by atoms with Crippen molar-refractivity contribution in [2.24, 2.45) is 0 Å². The van der Waals surface area contributed by atoms with E-state index in [4.69, 9.17) is 16.7 Å². The average molecular weight is 291 g/mol. The summed E-state index contributed by atoms with van der Waals surface area (Å²) in [6.07, 6.45) is 1.41. The third kappa shape index (κ3) is 2.95. The van der Waals surface area contributed by atoms with Gasteiger partial charge in [0.05, 0.1) is 23.0 Å². The second-order valence-corrected chi connectivity index (χ2v) is 4.49. The van der Waals surface area contributed by atoms with Crippen LogP contribution in [0.4, 0.5) is 5.69 Å². The van der Waals surface area contributed by atoms with Crippen LogP contribution in [0.1, 0.15) is 26.3 Å². The number of carbonyl (C=O) groups is 2. The first-order valence-electron chi connectivity index (χ1n) is 5.75. The number of halogens is 1. The number of carboxylic acid groups (broad SMARTS) is 1. The molecule has 0 atom stereocenters. The van der Waals surface area contributed by atoms with E-state index in [-0.39, 0.29) is 11.1 Å². The summed E-state index contributed by atoms with van der Waals surface area (Å²) in [5.74, 6) is -1.66. The van der Waals surface area contributed by atoms with Crippen molar-refractivity contribution < 1.29 is 14.7 Å². The molecule has 6 heteroatoms. The Morgan fingerprint density at radius 1 is 1.25 bits per heavy atom. The van der Waals surface area contributed by atoms with Crippen LogP contribution in [0.2, 0.25) is 5.15 Å². The molecular weight excluding hydrogens is 280 g/mol. The lowest BCUT2D eigenvalue weighted by Gasteiger charge is -2.08. The van der Waals surface area contributed by atoms with E-state index in [0.29, 0.717) is 10.8 Å². The van der Waals surface area contributed by atoms with Gasteiger partial charge in [-0.25, -0.2) is 9.78 Å². The van der Waals surface area contributed by atoms with E-state index in [9.17, 15) is 9.59 Å². The minimum atomic E-state index is -1.15. The minimum Gasteiger partial charge on any atom is -0.478 e. The number of aromatic nitrogens is 1. The zero-order valence-electron chi connectivity index (χ0n) is 10.6. The van der Waals surface area contributed by atoms with Gasteiger partial charge in [-0.1, -0.05) is 23.7 Å². The third-order valence-corrected chi connectivity index (χ3v) is 3.07. The fourth-order valence-electron chi connectivity index (χ4n) is 1.69. The van der Waals surface area contributed by atoms with Gasteiger partial charge >= 0.3 is 5.97 Å². The molecule has 0 aliphatic carbocycles. The van der Waals surface area contributed by atoms with Crippen molar-refractivity contribution in [3.8, 4) is 0 Å². The van der Waals surface area contributed by atoms with Gasteiger partial charge in [-0.15, -0.1) is 0 Å². The Morgan fingerprint density at radius 2 is 1.90 bits per heavy atom. The number of pyridine rings is 1. The summed E-state index contributed by atoms with van der Waals surface area (Å²) in [5.41, 5.74) is 1.21. The molecule has 0 aliphatic rings. The highest BCUT2D eigenvalue weighted by molar-refractivity contribution is 6.30. The number of aryl methyl sites for hydroxylation is 1. The van der Waals surface area contributed by atoms with Crippen molar-refractivity contribution >= 4 is 29.2 Å². The summed E-state index contributed by atoms with van der Waals surface area (Å²) < 4.78 is 0. The van der Waals surface area contributed by atoms with Gasteiger partial charge < -0.3 is 10.4 Å². The molecule has 0 saturated heterocycles. The fraction of sp³-hybridized carbons (Fsp3) is 0.0714. The lowest BCUT2D eigenvalue weighted by atomic mass is 10.1. The first-order chi connectivity index (χ1) is 9.49. The van der Waals surface area contributed by atoms with Crippen LogP contribution in [0.15, 0.2) is 36.5 Å². The molecular formula is C14H11ClN2O3. The molecule has 1 heterocycles. The Labute approximate surface area is 120 Å². The molecule has 0 fully saturated rings. The molecule has 2 rings (SSSR count). The predicted octanol–water partition coefficient (Wildman–Crippen LogP) is 2.99. The van der Waals surface area contributed by atoms with E-state index in [1.165, 1.54) is 18.3 Å². The SMILES string of the molecule is Cc1cc(NC(=O)c2ccccc2C(=O)O)cnc1Cl. The van der Waals surface area contributed by atoms with Gasteiger partial charge in [0.2, 0.25) is 0 Å². The first-order valence-corrected chi connectivity index (χ1v) is 6.12. The third-order valence-electron chi connectivity index (χ3n) is 2.67. The van der Waals surface area contributed by atoms with Gasteiger partial charge in [-0.3, -0.25) is 4.79 Å². The molecule has 2 N–H and O–H groups in total. The summed E-state index contributed by atoms with van der Waals surface area (Å²) in [5, 5.41) is 12.0. The monoisotopic (exact) mass is 290 g/mol. The molecule has 0 bridgehead atoms. The van der Waals surface area contributed by atoms with Crippen LogP contribution in [0, 0.1) is 6.92 Å². The molecule has 5 nitrogen and oxygen atoms in total. The van der Waals surface area contributed by atoms with Gasteiger partial charge in [0.25, 0.3) is 5.91 Å². The van der Waals surface area contributed by atoms with Crippen LogP contribution in [-0.2, 0) is 0 Å². The highest BCUT2D eigenvalue weighted by Gasteiger charge is 2.16. The molecule has 0 radical (unpaired) electrons. The summed E-state index contributed by atoms with van der Waals surface area (Å²) in [7, 11) is 0. The van der Waals surface area contributed by atoms with Crippen LogP contribution < -0.4 is 5.32 Å². The molecule has 102 valence electrons. The summed E-state index contributed by atoms with van der Waals surface area (Å²) in [4.78, 5) is 27.1. The Bertz CT molecular complexity index is 686. The molecule has 1 aromatic heterocycles. The average Bonchev–Trinajstić information content (AvgIpc) is 2.43. The van der Waals surface area contributed by atoms with Crippen molar-refractivity contribution in [3.63, 3.8) is 0 Å². The van der Waals surface area contributed by atoms with Crippen LogP contribution in [0.25, 0.3) is 0 Å². The lowest BCUT2D eigenvalue weighted by molar-refractivity contribution is 0.0692. The van der Waals surface area contributed by atoms with Gasteiger partial charge in [0, 0.05) is 0 Å². The Kier molecular flexibility index (Phi) is 4.00. The largest absolute Gasteiger partial charge is 0.478 e. The van der Waals surface area contributed by atoms with E-state index in [1.807, 2.05) is 0 Å². The number of hydrogen-bond donors (Lipinski definition) is 2. The van der Waals surface area contributed by atoms with E-state index in [0.717, 1.165) is 5.56 Å². The van der Waals surface area contributed by atoms with E-state index < -0.39 is 11.9 Å². The second kappa shape index (κ2) is 5.71.